The molecule has 1 rings (SSSR count). The van der Waals surface area contributed by atoms with Crippen molar-refractivity contribution in [1.29, 1.82) is 0 Å². The Morgan fingerprint density at radius 1 is 1.35 bits per heavy atom. The molecule has 0 bridgehead atoms. The largest absolute Gasteiger partial charge is 0.364 e. The summed E-state index contributed by atoms with van der Waals surface area (Å²) in [6.07, 6.45) is 3.03. The van der Waals surface area contributed by atoms with Crippen LogP contribution in [-0.2, 0) is 9.59 Å². The molecule has 0 aliphatic carbocycles. The van der Waals surface area contributed by atoms with E-state index >= 15 is 0 Å². The number of hydrogen-bond acceptors (Lipinski definition) is 3. The fourth-order valence-corrected chi connectivity index (χ4v) is 1.46. The molecule has 0 radical (unpaired) electrons. The summed E-state index contributed by atoms with van der Waals surface area (Å²) in [6.45, 7) is 2.92. The molecule has 1 aliphatic heterocycles. The van der Waals surface area contributed by atoms with E-state index in [1.165, 1.54) is 6.08 Å². The molecule has 1 fully saturated rings. The van der Waals surface area contributed by atoms with E-state index < -0.39 is 0 Å². The molecule has 94 valence electrons. The summed E-state index contributed by atoms with van der Waals surface area (Å²) in [5.74, 6) is 0.549. The number of rotatable bonds is 3. The first kappa shape index (κ1) is 13.2. The van der Waals surface area contributed by atoms with Crippen molar-refractivity contribution in [3.8, 4) is 0 Å². The number of likely N-dealkylation sites (N-methyl/N-ethyl adjacent to an activating group) is 1. The molecule has 6 nitrogen and oxygen atoms in total. The van der Waals surface area contributed by atoms with Crippen LogP contribution >= 0.6 is 0 Å². The van der Waals surface area contributed by atoms with Gasteiger partial charge in [0, 0.05) is 40.2 Å². The maximum atomic E-state index is 11.0. The molecule has 0 aromatic rings. The first-order chi connectivity index (χ1) is 8.06. The normalized spacial score (nSPS) is 16.9. The highest BCUT2D eigenvalue weighted by molar-refractivity contribution is 5.99. The average Bonchev–Trinajstić information content (AvgIpc) is 2.25. The van der Waals surface area contributed by atoms with Gasteiger partial charge in [-0.15, -0.1) is 0 Å². The Hall–Kier alpha value is -1.85. The molecule has 2 amide bonds. The van der Waals surface area contributed by atoms with E-state index in [0.717, 1.165) is 0 Å². The highest BCUT2D eigenvalue weighted by Crippen LogP contribution is 2.07. The van der Waals surface area contributed by atoms with Crippen LogP contribution in [0.5, 0.6) is 0 Å². The smallest absolute Gasteiger partial charge is 0.243 e. The van der Waals surface area contributed by atoms with E-state index in [1.807, 2.05) is 0 Å². The van der Waals surface area contributed by atoms with Gasteiger partial charge in [-0.3, -0.25) is 14.6 Å². The molecule has 0 aromatic heterocycles. The summed E-state index contributed by atoms with van der Waals surface area (Å²) in [6, 6.07) is 0.215. The number of amides is 2. The molecule has 0 spiro atoms. The maximum Gasteiger partial charge on any atom is 0.243 e. The van der Waals surface area contributed by atoms with E-state index in [1.54, 1.807) is 32.0 Å². The fraction of sp³-hybridized carbons (Fsp3) is 0.545. The molecular weight excluding hydrogens is 220 g/mol. The van der Waals surface area contributed by atoms with Crippen LogP contribution in [0.25, 0.3) is 0 Å². The Kier molecular flexibility index (Phi) is 4.68. The molecule has 1 heterocycles. The zero-order valence-corrected chi connectivity index (χ0v) is 10.4. The summed E-state index contributed by atoms with van der Waals surface area (Å²) < 4.78 is 0. The molecule has 0 aromatic carbocycles. The molecule has 17 heavy (non-hydrogen) atoms. The third kappa shape index (κ3) is 3.90. The molecule has 0 atom stereocenters. The van der Waals surface area contributed by atoms with Gasteiger partial charge in [0.15, 0.2) is 0 Å². The second kappa shape index (κ2) is 6.03. The maximum absolute atomic E-state index is 11.0. The summed E-state index contributed by atoms with van der Waals surface area (Å²) in [5, 5.41) is 5.64. The number of nitrogens with zero attached hydrogens (tertiary/aromatic N) is 2. The number of amidine groups is 1. The Morgan fingerprint density at radius 2 is 2.00 bits per heavy atom. The predicted molar refractivity (Wildman–Crippen MR) is 65.7 cm³/mol. The van der Waals surface area contributed by atoms with E-state index in [4.69, 9.17) is 0 Å². The first-order valence-electron chi connectivity index (χ1n) is 5.45. The van der Waals surface area contributed by atoms with Crippen molar-refractivity contribution in [2.24, 2.45) is 4.99 Å². The van der Waals surface area contributed by atoms with Crippen molar-refractivity contribution in [2.45, 2.75) is 13.0 Å². The SMILES string of the molecule is CN=C(/C=C/C(=O)NC)NC1CN(C(C)=O)C1. The summed E-state index contributed by atoms with van der Waals surface area (Å²) in [4.78, 5) is 27.8. The second-order valence-corrected chi connectivity index (χ2v) is 3.82. The van der Waals surface area contributed by atoms with Crippen molar-refractivity contribution in [1.82, 2.24) is 15.5 Å². The van der Waals surface area contributed by atoms with Crippen molar-refractivity contribution < 1.29 is 9.59 Å². The minimum atomic E-state index is -0.174. The van der Waals surface area contributed by atoms with Crippen LogP contribution in [0.3, 0.4) is 0 Å². The number of likely N-dealkylation sites (tertiary alicyclic amines) is 1. The van der Waals surface area contributed by atoms with Gasteiger partial charge in [0.25, 0.3) is 0 Å². The number of carbonyl (C=O) groups is 2. The van der Waals surface area contributed by atoms with Crippen LogP contribution in [-0.4, -0.2) is 55.8 Å². The first-order valence-corrected chi connectivity index (χ1v) is 5.45. The fourth-order valence-electron chi connectivity index (χ4n) is 1.46. The third-order valence-electron chi connectivity index (χ3n) is 2.56. The molecule has 1 saturated heterocycles. The molecular formula is C11H18N4O2. The zero-order chi connectivity index (χ0) is 12.8. The molecule has 6 heteroatoms. The van der Waals surface area contributed by atoms with Crippen molar-refractivity contribution in [3.63, 3.8) is 0 Å². The topological polar surface area (TPSA) is 73.8 Å². The number of nitrogens with one attached hydrogen (secondary N) is 2. The van der Waals surface area contributed by atoms with Crippen LogP contribution in [0.1, 0.15) is 6.92 Å². The van der Waals surface area contributed by atoms with Gasteiger partial charge in [-0.25, -0.2) is 0 Å². The summed E-state index contributed by atoms with van der Waals surface area (Å²) >= 11 is 0. The van der Waals surface area contributed by atoms with Gasteiger partial charge in [-0.05, 0) is 6.08 Å². The third-order valence-corrected chi connectivity index (χ3v) is 2.56. The van der Waals surface area contributed by atoms with Gasteiger partial charge >= 0.3 is 0 Å². The van der Waals surface area contributed by atoms with Crippen LogP contribution in [0, 0.1) is 0 Å². The number of carbonyl (C=O) groups excluding carboxylic acids is 2. The highest BCUT2D eigenvalue weighted by Gasteiger charge is 2.28. The Bertz CT molecular complexity index is 356. The number of hydrogen-bond donors (Lipinski definition) is 2. The van der Waals surface area contributed by atoms with E-state index in [2.05, 4.69) is 15.6 Å². The Labute approximate surface area is 101 Å². The van der Waals surface area contributed by atoms with Gasteiger partial charge in [0.1, 0.15) is 5.84 Å². The van der Waals surface area contributed by atoms with Crippen LogP contribution < -0.4 is 10.6 Å². The monoisotopic (exact) mass is 238 g/mol. The van der Waals surface area contributed by atoms with Gasteiger partial charge in [-0.2, -0.15) is 0 Å². The van der Waals surface area contributed by atoms with Crippen LogP contribution in [0.2, 0.25) is 0 Å². The van der Waals surface area contributed by atoms with Crippen molar-refractivity contribution in [3.05, 3.63) is 12.2 Å². The standard InChI is InChI=1S/C11H18N4O2/c1-8(16)15-6-9(7-15)14-10(12-2)4-5-11(17)13-3/h4-5,9H,6-7H2,1-3H3,(H,12,14)(H,13,17)/b5-4+. The van der Waals surface area contributed by atoms with Crippen LogP contribution in [0.4, 0.5) is 0 Å². The lowest BCUT2D eigenvalue weighted by Gasteiger charge is -2.39. The van der Waals surface area contributed by atoms with E-state index in [9.17, 15) is 9.59 Å². The zero-order valence-electron chi connectivity index (χ0n) is 10.4. The average molecular weight is 238 g/mol. The van der Waals surface area contributed by atoms with E-state index in [-0.39, 0.29) is 17.9 Å². The minimum absolute atomic E-state index is 0.0824. The quantitative estimate of drug-likeness (QED) is 0.381. The van der Waals surface area contributed by atoms with Gasteiger partial charge < -0.3 is 15.5 Å². The lowest BCUT2D eigenvalue weighted by molar-refractivity contribution is -0.133. The molecule has 0 unspecified atom stereocenters. The lowest BCUT2D eigenvalue weighted by atomic mass is 10.1. The Morgan fingerprint density at radius 3 is 2.47 bits per heavy atom. The molecule has 1 aliphatic rings. The summed E-state index contributed by atoms with van der Waals surface area (Å²) in [5.41, 5.74) is 0. The lowest BCUT2D eigenvalue weighted by Crippen LogP contribution is -2.60. The molecule has 2 N–H and O–H groups in total. The van der Waals surface area contributed by atoms with Crippen molar-refractivity contribution in [2.75, 3.05) is 27.2 Å². The minimum Gasteiger partial charge on any atom is -0.364 e. The van der Waals surface area contributed by atoms with Gasteiger partial charge in [0.05, 0.1) is 6.04 Å². The van der Waals surface area contributed by atoms with Crippen LogP contribution in [0.15, 0.2) is 17.1 Å². The van der Waals surface area contributed by atoms with E-state index in [0.29, 0.717) is 18.9 Å². The van der Waals surface area contributed by atoms with Crippen molar-refractivity contribution >= 4 is 17.6 Å². The van der Waals surface area contributed by atoms with Gasteiger partial charge in [0.2, 0.25) is 11.8 Å². The second-order valence-electron chi connectivity index (χ2n) is 3.82. The Balaban J connectivity index is 2.38. The summed E-state index contributed by atoms with van der Waals surface area (Å²) in [7, 11) is 3.22. The molecule has 0 saturated carbocycles. The number of aliphatic imine (C=N–C) groups is 1. The van der Waals surface area contributed by atoms with Gasteiger partial charge in [-0.1, -0.05) is 0 Å². The highest BCUT2D eigenvalue weighted by atomic mass is 16.2. The predicted octanol–water partition coefficient (Wildman–Crippen LogP) is -0.863.